The Morgan fingerprint density at radius 3 is 2.58 bits per heavy atom. The van der Waals surface area contributed by atoms with E-state index in [9.17, 15) is 15.5 Å². The number of nitriles is 1. The van der Waals surface area contributed by atoms with E-state index in [-0.39, 0.29) is 18.8 Å². The topological polar surface area (TPSA) is 108 Å². The van der Waals surface area contributed by atoms with Gasteiger partial charge in [-0.25, -0.2) is 0 Å². The lowest BCUT2D eigenvalue weighted by atomic mass is 9.96. The Morgan fingerprint density at radius 1 is 0.981 bits per heavy atom. The highest BCUT2D eigenvalue weighted by atomic mass is 35.5. The fourth-order valence-corrected chi connectivity index (χ4v) is 8.17. The number of likely N-dealkylation sites (tertiary alicyclic amines) is 1. The fourth-order valence-electron chi connectivity index (χ4n) is 7.65. The van der Waals surface area contributed by atoms with Crippen molar-refractivity contribution < 1.29 is 24.4 Å². The van der Waals surface area contributed by atoms with Gasteiger partial charge in [0.25, 0.3) is 0 Å². The molecule has 7 rings (SSSR count). The zero-order valence-electron chi connectivity index (χ0n) is 30.4. The van der Waals surface area contributed by atoms with Crippen LogP contribution in [0, 0.1) is 23.2 Å². The van der Waals surface area contributed by atoms with Gasteiger partial charge in [0.15, 0.2) is 0 Å². The molecule has 53 heavy (non-hydrogen) atoms. The number of rotatable bonds is 16. The predicted molar refractivity (Wildman–Crippen MR) is 207 cm³/mol. The highest BCUT2D eigenvalue weighted by Crippen LogP contribution is 2.49. The van der Waals surface area contributed by atoms with Crippen LogP contribution in [0.5, 0.6) is 17.2 Å². The summed E-state index contributed by atoms with van der Waals surface area (Å²) in [7, 11) is 0. The van der Waals surface area contributed by atoms with Gasteiger partial charge in [-0.2, -0.15) is 5.26 Å². The number of hydrogen-bond acceptors (Lipinski definition) is 8. The second-order valence-corrected chi connectivity index (χ2v) is 16.2. The van der Waals surface area contributed by atoms with Crippen molar-refractivity contribution >= 4 is 23.2 Å². The summed E-state index contributed by atoms with van der Waals surface area (Å²) in [5.74, 6) is 3.00. The zero-order valence-corrected chi connectivity index (χ0v) is 31.9. The molecule has 1 saturated carbocycles. The smallest absolute Gasteiger partial charge is 0.142 e. The van der Waals surface area contributed by atoms with Crippen LogP contribution in [-0.4, -0.2) is 58.0 Å². The van der Waals surface area contributed by atoms with E-state index < -0.39 is 5.60 Å². The van der Waals surface area contributed by atoms with Gasteiger partial charge >= 0.3 is 0 Å². The van der Waals surface area contributed by atoms with Gasteiger partial charge in [-0.05, 0) is 111 Å². The molecule has 278 valence electrons. The van der Waals surface area contributed by atoms with Gasteiger partial charge in [0, 0.05) is 49.2 Å². The van der Waals surface area contributed by atoms with Crippen LogP contribution >= 0.6 is 23.2 Å². The van der Waals surface area contributed by atoms with Crippen molar-refractivity contribution in [3.8, 4) is 34.4 Å². The molecule has 8 nitrogen and oxygen atoms in total. The molecule has 2 heterocycles. The Kier molecular flexibility index (Phi) is 11.5. The maximum absolute atomic E-state index is 10.2. The molecule has 0 spiro atoms. The zero-order chi connectivity index (χ0) is 37.1. The maximum atomic E-state index is 10.2. The summed E-state index contributed by atoms with van der Waals surface area (Å²) in [6, 6.07) is 20.0. The first-order valence-corrected chi connectivity index (χ1v) is 19.4. The molecule has 3 atom stereocenters. The third-order valence-electron chi connectivity index (χ3n) is 10.7. The first-order chi connectivity index (χ1) is 25.5. The largest absolute Gasteiger partial charge is 0.492 e. The van der Waals surface area contributed by atoms with Crippen LogP contribution in [-0.2, 0) is 19.4 Å². The van der Waals surface area contributed by atoms with Crippen molar-refractivity contribution in [1.82, 2.24) is 9.88 Å². The summed E-state index contributed by atoms with van der Waals surface area (Å²) >= 11 is 14.0. The minimum absolute atomic E-state index is 0.200. The van der Waals surface area contributed by atoms with Crippen LogP contribution in [0.2, 0.25) is 10.0 Å². The molecule has 0 radical (unpaired) electrons. The van der Waals surface area contributed by atoms with Crippen molar-refractivity contribution in [3.63, 3.8) is 0 Å². The molecule has 0 amide bonds. The molecular formula is C43H47Cl2N3O5. The van der Waals surface area contributed by atoms with Gasteiger partial charge in [-0.3, -0.25) is 9.88 Å². The summed E-state index contributed by atoms with van der Waals surface area (Å²) in [6.07, 6.45) is 9.03. The van der Waals surface area contributed by atoms with Gasteiger partial charge in [0.05, 0.1) is 33.9 Å². The van der Waals surface area contributed by atoms with Crippen molar-refractivity contribution in [2.75, 3.05) is 26.2 Å². The minimum Gasteiger partial charge on any atom is -0.492 e. The van der Waals surface area contributed by atoms with Gasteiger partial charge in [-0.1, -0.05) is 53.5 Å². The van der Waals surface area contributed by atoms with Crippen LogP contribution in [0.15, 0.2) is 67.0 Å². The Balaban J connectivity index is 1.07. The molecule has 2 N–H and O–H groups in total. The molecule has 1 aliphatic heterocycles. The number of hydrogen-bond donors (Lipinski definition) is 2. The molecule has 2 fully saturated rings. The van der Waals surface area contributed by atoms with Gasteiger partial charge in [-0.15, -0.1) is 0 Å². The SMILES string of the molecule is CC(C)(O)CCC1CC1Cc1cc(Cl)c(O[C@H]2CCc3c(-c4cccc(OCCCN5CC(O)C5)c4Cl)cccc32)cc1OCc1cncc(C#N)c1. The van der Waals surface area contributed by atoms with E-state index in [0.717, 1.165) is 92.4 Å². The second kappa shape index (κ2) is 16.3. The van der Waals surface area contributed by atoms with Crippen LogP contribution in [0.3, 0.4) is 0 Å². The monoisotopic (exact) mass is 755 g/mol. The normalized spacial score (nSPS) is 19.7. The molecule has 4 aromatic rings. The summed E-state index contributed by atoms with van der Waals surface area (Å²) in [4.78, 5) is 6.41. The number of nitrogens with zero attached hydrogens (tertiary/aromatic N) is 3. The molecule has 0 bridgehead atoms. The third kappa shape index (κ3) is 9.28. The van der Waals surface area contributed by atoms with Crippen LogP contribution in [0.25, 0.3) is 11.1 Å². The Hall–Kier alpha value is -3.84. The van der Waals surface area contributed by atoms with Crippen LogP contribution < -0.4 is 14.2 Å². The second-order valence-electron chi connectivity index (χ2n) is 15.4. The summed E-state index contributed by atoms with van der Waals surface area (Å²) in [5, 5.41) is 30.3. The van der Waals surface area contributed by atoms with E-state index in [1.54, 1.807) is 12.3 Å². The van der Waals surface area contributed by atoms with E-state index in [1.807, 2.05) is 50.2 Å². The number of β-amino-alcohol motifs (C(OH)–C–C–N with tert-alkyl or cyclic N) is 1. The molecular weight excluding hydrogens is 709 g/mol. The average molecular weight is 757 g/mol. The predicted octanol–water partition coefficient (Wildman–Crippen LogP) is 8.75. The Labute approximate surface area is 322 Å². The highest BCUT2D eigenvalue weighted by Gasteiger charge is 2.38. The van der Waals surface area contributed by atoms with E-state index in [4.69, 9.17) is 37.4 Å². The van der Waals surface area contributed by atoms with Crippen LogP contribution in [0.4, 0.5) is 0 Å². The van der Waals surface area contributed by atoms with E-state index in [1.165, 1.54) is 11.8 Å². The molecule has 10 heteroatoms. The lowest BCUT2D eigenvalue weighted by Crippen LogP contribution is -2.50. The average Bonchev–Trinajstić information content (AvgIpc) is 3.75. The summed E-state index contributed by atoms with van der Waals surface area (Å²) in [5.41, 5.74) is 5.96. The standard InChI is InChI=1S/C43H47Cl2N3O5/c1-43(2,50)13-12-29-17-30(29)18-31-19-37(44)41(20-40(31)52-26-28-16-27(21-46)22-47-23-28)53-38-11-10-34-33(6-3-7-35(34)38)36-8-4-9-39(42(36)45)51-15-5-14-48-24-32(49)25-48/h3-4,6-9,16,19-20,22-23,29-30,32,38,49-50H,5,10-15,17-18,24-26H2,1-2H3/t29?,30?,38-/m0/s1. The van der Waals surface area contributed by atoms with Gasteiger partial charge in [0.1, 0.15) is 36.0 Å². The lowest BCUT2D eigenvalue weighted by molar-refractivity contribution is 0.0000486. The quantitative estimate of drug-likeness (QED) is 0.109. The summed E-state index contributed by atoms with van der Waals surface area (Å²) < 4.78 is 19.3. The maximum Gasteiger partial charge on any atom is 0.142 e. The Morgan fingerprint density at radius 2 is 1.79 bits per heavy atom. The number of ether oxygens (including phenoxy) is 3. The third-order valence-corrected chi connectivity index (χ3v) is 11.3. The van der Waals surface area contributed by atoms with E-state index >= 15 is 0 Å². The number of halogens is 2. The van der Waals surface area contributed by atoms with E-state index in [0.29, 0.717) is 51.3 Å². The number of aliphatic hydroxyl groups is 2. The number of pyridine rings is 1. The molecule has 1 saturated heterocycles. The van der Waals surface area contributed by atoms with Crippen molar-refractivity contribution in [2.45, 2.75) is 83.2 Å². The first-order valence-electron chi connectivity index (χ1n) is 18.7. The molecule has 1 aromatic heterocycles. The Bertz CT molecular complexity index is 1970. The number of aliphatic hydroxyl groups excluding tert-OH is 1. The highest BCUT2D eigenvalue weighted by molar-refractivity contribution is 6.35. The minimum atomic E-state index is -0.666. The van der Waals surface area contributed by atoms with Gasteiger partial charge < -0.3 is 24.4 Å². The lowest BCUT2D eigenvalue weighted by Gasteiger charge is -2.35. The molecule has 3 aliphatic rings. The van der Waals surface area contributed by atoms with Crippen molar-refractivity contribution in [3.05, 3.63) is 105 Å². The summed E-state index contributed by atoms with van der Waals surface area (Å²) in [6.45, 7) is 6.89. The van der Waals surface area contributed by atoms with Crippen molar-refractivity contribution in [1.29, 1.82) is 5.26 Å². The fraction of sp³-hybridized carbons (Fsp3) is 0.442. The van der Waals surface area contributed by atoms with Crippen LogP contribution in [0.1, 0.15) is 79.9 Å². The molecule has 2 unspecified atom stereocenters. The van der Waals surface area contributed by atoms with Gasteiger partial charge in [0.2, 0.25) is 0 Å². The molecule has 2 aliphatic carbocycles. The van der Waals surface area contributed by atoms with Crippen molar-refractivity contribution in [2.24, 2.45) is 11.8 Å². The van der Waals surface area contributed by atoms with E-state index in [2.05, 4.69) is 28.1 Å². The first kappa shape index (κ1) is 37.5. The number of benzene rings is 3. The number of fused-ring (bicyclic) bond motifs is 1. The number of aromatic nitrogens is 1. The molecule has 3 aromatic carbocycles.